The van der Waals surface area contributed by atoms with Gasteiger partial charge in [-0.2, -0.15) is 11.8 Å². The Morgan fingerprint density at radius 3 is 0.769 bits per heavy atom. The molecule has 0 saturated heterocycles. The first kappa shape index (κ1) is 22.9. The van der Waals surface area contributed by atoms with E-state index < -0.39 is 0 Å². The summed E-state index contributed by atoms with van der Waals surface area (Å²) in [4.78, 5) is 0. The Morgan fingerprint density at radius 1 is 0.615 bits per heavy atom. The molecule has 0 spiro atoms. The van der Waals surface area contributed by atoms with Crippen LogP contribution in [-0.4, -0.2) is 12.5 Å². The Labute approximate surface area is 89.8 Å². The molecule has 0 fully saturated rings. The Balaban J connectivity index is -0.0000000517. The zero-order valence-corrected chi connectivity index (χ0v) is 8.69. The number of hydrogen-bond donors (Lipinski definition) is 0. The maximum Gasteiger partial charge on any atom is -0.0187 e. The highest BCUT2D eigenvalue weighted by atomic mass is 32.2. The Hall–Kier alpha value is -0.430. The van der Waals surface area contributed by atoms with Crippen molar-refractivity contribution in [2.45, 2.75) is 28.7 Å². The van der Waals surface area contributed by atoms with Crippen molar-refractivity contribution in [3.05, 3.63) is 36.4 Å². The van der Waals surface area contributed by atoms with Gasteiger partial charge in [0.1, 0.15) is 0 Å². The molecule has 0 atom stereocenters. The van der Waals surface area contributed by atoms with Crippen LogP contribution in [0.3, 0.4) is 0 Å². The highest BCUT2D eigenvalue weighted by molar-refractivity contribution is 7.97. The average molecular weight is 202 g/mol. The second kappa shape index (κ2) is 29.9. The lowest BCUT2D eigenvalue weighted by Gasteiger charge is -1.69. The van der Waals surface area contributed by atoms with Gasteiger partial charge in [0.15, 0.2) is 0 Å². The standard InChI is InChI=1S/C6H6.C2H6S.C2H6.2CH4/c1-2-4-6-5-3-1;1-3-2;1-2;;/h1-6H;1-2H3;1-2H3;2*1H4. The van der Waals surface area contributed by atoms with E-state index in [0.717, 1.165) is 0 Å². The number of rotatable bonds is 0. The van der Waals surface area contributed by atoms with Crippen molar-refractivity contribution in [2.24, 2.45) is 0 Å². The maximum absolute atomic E-state index is 2.04. The molecular formula is C12H26S. The quantitative estimate of drug-likeness (QED) is 0.573. The number of hydrogen-bond acceptors (Lipinski definition) is 1. The van der Waals surface area contributed by atoms with E-state index in [-0.39, 0.29) is 14.9 Å². The van der Waals surface area contributed by atoms with Crippen LogP contribution < -0.4 is 0 Å². The van der Waals surface area contributed by atoms with Gasteiger partial charge < -0.3 is 0 Å². The van der Waals surface area contributed by atoms with Crippen LogP contribution in [0.25, 0.3) is 0 Å². The fourth-order valence-corrected chi connectivity index (χ4v) is 0.385. The molecule has 13 heavy (non-hydrogen) atoms. The van der Waals surface area contributed by atoms with Gasteiger partial charge in [-0.05, 0) is 12.5 Å². The second-order valence-electron chi connectivity index (χ2n) is 1.56. The van der Waals surface area contributed by atoms with E-state index in [1.165, 1.54) is 0 Å². The van der Waals surface area contributed by atoms with Gasteiger partial charge in [-0.3, -0.25) is 0 Å². The van der Waals surface area contributed by atoms with Crippen molar-refractivity contribution in [2.75, 3.05) is 12.5 Å². The fraction of sp³-hybridized carbons (Fsp3) is 0.500. The molecule has 0 N–H and O–H groups in total. The third-order valence-electron chi connectivity index (χ3n) is 0.667. The molecular weight excluding hydrogens is 176 g/mol. The van der Waals surface area contributed by atoms with Crippen LogP contribution in [0.5, 0.6) is 0 Å². The summed E-state index contributed by atoms with van der Waals surface area (Å²) in [7, 11) is 0. The van der Waals surface area contributed by atoms with E-state index in [2.05, 4.69) is 0 Å². The van der Waals surface area contributed by atoms with Crippen molar-refractivity contribution in [1.29, 1.82) is 0 Å². The molecule has 0 heterocycles. The summed E-state index contributed by atoms with van der Waals surface area (Å²) in [5, 5.41) is 0. The lowest BCUT2D eigenvalue weighted by Crippen LogP contribution is -1.47. The molecule has 0 aliphatic carbocycles. The molecule has 0 bridgehead atoms. The Bertz CT molecular complexity index is 88.0. The molecule has 0 saturated carbocycles. The number of thioether (sulfide) groups is 1. The van der Waals surface area contributed by atoms with Crippen molar-refractivity contribution >= 4 is 11.8 Å². The minimum atomic E-state index is 0. The molecule has 1 aromatic carbocycles. The minimum Gasteiger partial charge on any atom is -0.169 e. The normalized spacial score (nSPS) is 5.54. The molecule has 0 unspecified atom stereocenters. The molecule has 0 aliphatic rings. The lowest BCUT2D eigenvalue weighted by molar-refractivity contribution is 1.50. The first-order valence-corrected chi connectivity index (χ1v) is 5.45. The van der Waals surface area contributed by atoms with E-state index in [0.29, 0.717) is 0 Å². The third kappa shape index (κ3) is 34.2. The Morgan fingerprint density at radius 2 is 0.692 bits per heavy atom. The van der Waals surface area contributed by atoms with Crippen LogP contribution >= 0.6 is 11.8 Å². The van der Waals surface area contributed by atoms with Gasteiger partial charge in [-0.1, -0.05) is 65.1 Å². The molecule has 1 aromatic rings. The number of benzene rings is 1. The first-order valence-electron chi connectivity index (χ1n) is 3.82. The second-order valence-corrected chi connectivity index (χ2v) is 2.38. The Kier molecular flexibility index (Phi) is 52.8. The van der Waals surface area contributed by atoms with Crippen LogP contribution in [0.15, 0.2) is 36.4 Å². The van der Waals surface area contributed by atoms with Crippen LogP contribution in [-0.2, 0) is 0 Å². The summed E-state index contributed by atoms with van der Waals surface area (Å²) >= 11 is 1.75. The predicted molar refractivity (Wildman–Crippen MR) is 70.7 cm³/mol. The van der Waals surface area contributed by atoms with Gasteiger partial charge in [0.05, 0.1) is 0 Å². The molecule has 0 radical (unpaired) electrons. The molecule has 0 amide bonds. The maximum atomic E-state index is 2.04. The van der Waals surface area contributed by atoms with Crippen molar-refractivity contribution in [3.8, 4) is 0 Å². The predicted octanol–water partition coefficient (Wildman–Crippen LogP) is 4.96. The molecule has 0 aromatic heterocycles. The first-order chi connectivity index (χ1) is 5.41. The molecule has 0 aliphatic heterocycles. The van der Waals surface area contributed by atoms with Gasteiger partial charge in [-0.15, -0.1) is 0 Å². The zero-order valence-electron chi connectivity index (χ0n) is 7.87. The largest absolute Gasteiger partial charge is 0.169 e. The minimum absolute atomic E-state index is 0. The molecule has 1 heteroatoms. The van der Waals surface area contributed by atoms with E-state index in [9.17, 15) is 0 Å². The van der Waals surface area contributed by atoms with Gasteiger partial charge in [-0.25, -0.2) is 0 Å². The van der Waals surface area contributed by atoms with Crippen molar-refractivity contribution in [3.63, 3.8) is 0 Å². The van der Waals surface area contributed by atoms with Crippen LogP contribution in [0.4, 0.5) is 0 Å². The zero-order chi connectivity index (χ0) is 8.95. The molecule has 0 nitrogen and oxygen atoms in total. The topological polar surface area (TPSA) is 0 Å². The summed E-state index contributed by atoms with van der Waals surface area (Å²) in [5.74, 6) is 0. The summed E-state index contributed by atoms with van der Waals surface area (Å²) in [6, 6.07) is 12.0. The highest BCUT2D eigenvalue weighted by Crippen LogP contribution is 1.79. The third-order valence-corrected chi connectivity index (χ3v) is 0.667. The van der Waals surface area contributed by atoms with Crippen LogP contribution in [0.1, 0.15) is 28.7 Å². The van der Waals surface area contributed by atoms with E-state index in [4.69, 9.17) is 0 Å². The van der Waals surface area contributed by atoms with Crippen molar-refractivity contribution < 1.29 is 0 Å². The summed E-state index contributed by atoms with van der Waals surface area (Å²) < 4.78 is 0. The van der Waals surface area contributed by atoms with Crippen LogP contribution in [0.2, 0.25) is 0 Å². The smallest absolute Gasteiger partial charge is 0.0187 e. The lowest BCUT2D eigenvalue weighted by atomic mass is 10.4. The SMILES string of the molecule is C.C.CC.CSC.c1ccccc1. The summed E-state index contributed by atoms with van der Waals surface area (Å²) in [6.07, 6.45) is 4.08. The highest BCUT2D eigenvalue weighted by Gasteiger charge is 1.57. The van der Waals surface area contributed by atoms with Crippen LogP contribution in [0, 0.1) is 0 Å². The monoisotopic (exact) mass is 202 g/mol. The summed E-state index contributed by atoms with van der Waals surface area (Å²) in [6.45, 7) is 4.00. The van der Waals surface area contributed by atoms with Gasteiger partial charge in [0.2, 0.25) is 0 Å². The van der Waals surface area contributed by atoms with Gasteiger partial charge >= 0.3 is 0 Å². The molecule has 1 rings (SSSR count). The van der Waals surface area contributed by atoms with Gasteiger partial charge in [0.25, 0.3) is 0 Å². The summed E-state index contributed by atoms with van der Waals surface area (Å²) in [5.41, 5.74) is 0. The van der Waals surface area contributed by atoms with E-state index in [1.807, 2.05) is 62.8 Å². The van der Waals surface area contributed by atoms with Gasteiger partial charge in [0, 0.05) is 0 Å². The van der Waals surface area contributed by atoms with Crippen molar-refractivity contribution in [1.82, 2.24) is 0 Å². The average Bonchev–Trinajstić information content (AvgIpc) is 2.12. The fourth-order valence-electron chi connectivity index (χ4n) is 0.385. The van der Waals surface area contributed by atoms with E-state index in [1.54, 1.807) is 11.8 Å². The molecule has 80 valence electrons. The van der Waals surface area contributed by atoms with E-state index >= 15 is 0 Å².